The fourth-order valence-corrected chi connectivity index (χ4v) is 4.03. The average molecular weight is 391 g/mol. The second-order valence-corrected chi connectivity index (χ2v) is 7.06. The summed E-state index contributed by atoms with van der Waals surface area (Å²) in [5, 5.41) is 10.9. The molecule has 0 bridgehead atoms. The van der Waals surface area contributed by atoms with E-state index in [2.05, 4.69) is 23.1 Å². The molecule has 0 N–H and O–H groups in total. The summed E-state index contributed by atoms with van der Waals surface area (Å²) in [6, 6.07) is 12.1. The molecule has 0 radical (unpaired) electrons. The summed E-state index contributed by atoms with van der Waals surface area (Å²) in [5.41, 5.74) is 1.45. The minimum atomic E-state index is 0. The van der Waals surface area contributed by atoms with E-state index < -0.39 is 0 Å². The molecule has 2 heterocycles. The van der Waals surface area contributed by atoms with Gasteiger partial charge in [0, 0.05) is 18.0 Å². The van der Waals surface area contributed by atoms with Crippen molar-refractivity contribution >= 4 is 40.4 Å². The number of ether oxygens (including phenoxy) is 2. The molecule has 0 saturated carbocycles. The van der Waals surface area contributed by atoms with Crippen molar-refractivity contribution in [3.8, 4) is 17.6 Å². The third-order valence-electron chi connectivity index (χ3n) is 4.38. The molecule has 0 aliphatic carbocycles. The highest BCUT2D eigenvalue weighted by atomic mass is 35.5. The minimum Gasteiger partial charge on any atom is -0.493 e. The second kappa shape index (κ2) is 9.51. The van der Waals surface area contributed by atoms with E-state index >= 15 is 0 Å². The molecule has 138 valence electrons. The van der Waals surface area contributed by atoms with Gasteiger partial charge >= 0.3 is 0 Å². The van der Waals surface area contributed by atoms with Gasteiger partial charge < -0.3 is 14.4 Å². The van der Waals surface area contributed by atoms with Gasteiger partial charge in [-0.3, -0.25) is 0 Å². The number of anilines is 1. The Morgan fingerprint density at radius 3 is 2.46 bits per heavy atom. The number of allylic oxidation sites excluding steroid dienone is 1. The van der Waals surface area contributed by atoms with Crippen LogP contribution in [0.5, 0.6) is 11.5 Å². The number of nitriles is 1. The third kappa shape index (κ3) is 4.51. The predicted octanol–water partition coefficient (Wildman–Crippen LogP) is 5.24. The second-order valence-electron chi connectivity index (χ2n) is 5.96. The van der Waals surface area contributed by atoms with Gasteiger partial charge in [-0.05, 0) is 61.2 Å². The molecule has 1 aliphatic heterocycles. The molecule has 0 amide bonds. The highest BCUT2D eigenvalue weighted by molar-refractivity contribution is 7.17. The van der Waals surface area contributed by atoms with E-state index in [1.54, 1.807) is 25.6 Å². The lowest BCUT2D eigenvalue weighted by molar-refractivity contribution is 0.355. The number of methoxy groups -OCH3 is 2. The van der Waals surface area contributed by atoms with Crippen molar-refractivity contribution < 1.29 is 9.47 Å². The van der Waals surface area contributed by atoms with Gasteiger partial charge in [0.15, 0.2) is 11.5 Å². The van der Waals surface area contributed by atoms with Gasteiger partial charge in [0.1, 0.15) is 0 Å². The van der Waals surface area contributed by atoms with Gasteiger partial charge in [-0.25, -0.2) is 0 Å². The van der Waals surface area contributed by atoms with Crippen LogP contribution in [-0.4, -0.2) is 27.3 Å². The summed E-state index contributed by atoms with van der Waals surface area (Å²) in [4.78, 5) is 3.53. The molecule has 1 aliphatic rings. The summed E-state index contributed by atoms with van der Waals surface area (Å²) >= 11 is 1.74. The number of piperidine rings is 1. The summed E-state index contributed by atoms with van der Waals surface area (Å²) in [7, 11) is 3.20. The van der Waals surface area contributed by atoms with Gasteiger partial charge in [0.05, 0.1) is 30.9 Å². The van der Waals surface area contributed by atoms with Crippen LogP contribution in [-0.2, 0) is 0 Å². The normalized spacial score (nSPS) is 14.3. The van der Waals surface area contributed by atoms with Gasteiger partial charge in [0.25, 0.3) is 0 Å². The zero-order valence-corrected chi connectivity index (χ0v) is 16.7. The molecule has 1 aromatic carbocycles. The number of halogens is 1. The monoisotopic (exact) mass is 390 g/mol. The summed E-state index contributed by atoms with van der Waals surface area (Å²) < 4.78 is 10.6. The summed E-state index contributed by atoms with van der Waals surface area (Å²) in [6.07, 6.45) is 5.79. The molecule has 2 aromatic rings. The lowest BCUT2D eigenvalue weighted by Crippen LogP contribution is -2.28. The average Bonchev–Trinajstić information content (AvgIpc) is 3.15. The molecule has 4 nitrogen and oxygen atoms in total. The molecule has 0 unspecified atom stereocenters. The van der Waals surface area contributed by atoms with Crippen molar-refractivity contribution in [2.24, 2.45) is 0 Å². The molecule has 1 aromatic heterocycles. The Labute approximate surface area is 165 Å². The molecular weight excluding hydrogens is 368 g/mol. The third-order valence-corrected chi connectivity index (χ3v) is 5.47. The number of hydrogen-bond acceptors (Lipinski definition) is 5. The van der Waals surface area contributed by atoms with Crippen molar-refractivity contribution in [2.75, 3.05) is 32.2 Å². The fourth-order valence-electron chi connectivity index (χ4n) is 3.03. The Bertz CT molecular complexity index is 804. The van der Waals surface area contributed by atoms with Crippen molar-refractivity contribution in [3.05, 3.63) is 40.8 Å². The van der Waals surface area contributed by atoms with E-state index in [1.807, 2.05) is 24.3 Å². The summed E-state index contributed by atoms with van der Waals surface area (Å²) in [5.74, 6) is 1.29. The van der Waals surface area contributed by atoms with Crippen LogP contribution in [0.2, 0.25) is 0 Å². The molecule has 0 atom stereocenters. The summed E-state index contributed by atoms with van der Waals surface area (Å²) in [6.45, 7) is 2.26. The predicted molar refractivity (Wildman–Crippen MR) is 111 cm³/mol. The van der Waals surface area contributed by atoms with Crippen LogP contribution in [0.15, 0.2) is 30.3 Å². The Balaban J connectivity index is 0.00000243. The molecular formula is C20H23ClN2O2S. The van der Waals surface area contributed by atoms with E-state index in [0.717, 1.165) is 23.5 Å². The van der Waals surface area contributed by atoms with Crippen LogP contribution in [0, 0.1) is 11.3 Å². The van der Waals surface area contributed by atoms with Crippen LogP contribution in [0.4, 0.5) is 5.00 Å². The van der Waals surface area contributed by atoms with Gasteiger partial charge in [-0.2, -0.15) is 5.26 Å². The number of benzene rings is 1. The molecule has 0 spiro atoms. The Kier molecular flexibility index (Phi) is 7.38. The van der Waals surface area contributed by atoms with Gasteiger partial charge in [-0.15, -0.1) is 23.7 Å². The first kappa shape index (κ1) is 20.2. The number of rotatable bonds is 5. The Hall–Kier alpha value is -2.16. The molecule has 26 heavy (non-hydrogen) atoms. The first-order chi connectivity index (χ1) is 12.2. The lowest BCUT2D eigenvalue weighted by Gasteiger charge is -2.27. The highest BCUT2D eigenvalue weighted by Gasteiger charge is 2.13. The van der Waals surface area contributed by atoms with Gasteiger partial charge in [-0.1, -0.05) is 0 Å². The molecule has 1 saturated heterocycles. The molecule has 3 rings (SSSR count). The van der Waals surface area contributed by atoms with Crippen molar-refractivity contribution in [1.82, 2.24) is 0 Å². The van der Waals surface area contributed by atoms with E-state index in [9.17, 15) is 5.26 Å². The lowest BCUT2D eigenvalue weighted by atomic mass is 10.1. The highest BCUT2D eigenvalue weighted by Crippen LogP contribution is 2.33. The van der Waals surface area contributed by atoms with Crippen LogP contribution < -0.4 is 14.4 Å². The van der Waals surface area contributed by atoms with Crippen molar-refractivity contribution in [2.45, 2.75) is 19.3 Å². The zero-order chi connectivity index (χ0) is 17.6. The van der Waals surface area contributed by atoms with E-state index in [0.29, 0.717) is 17.1 Å². The van der Waals surface area contributed by atoms with Crippen molar-refractivity contribution in [1.29, 1.82) is 5.26 Å². The first-order valence-electron chi connectivity index (χ1n) is 8.44. The van der Waals surface area contributed by atoms with Crippen LogP contribution >= 0.6 is 23.7 Å². The topological polar surface area (TPSA) is 45.5 Å². The fraction of sp³-hybridized carbons (Fsp3) is 0.350. The maximum atomic E-state index is 9.59. The standard InChI is InChI=1S/C20H22N2O2S.ClH/c1-23-18-8-6-15(13-19(18)24-2)16(14-21)12-17-7-9-20(25-17)22-10-4-3-5-11-22;/h6-9,12-13H,3-5,10-11H2,1-2H3;1H/b16-12+;. The SMILES string of the molecule is COc1ccc(/C(C#N)=C/c2ccc(N3CCCCC3)s2)cc1OC.Cl. The quantitative estimate of drug-likeness (QED) is 0.655. The van der Waals surface area contributed by atoms with Crippen LogP contribution in [0.1, 0.15) is 29.7 Å². The van der Waals surface area contributed by atoms with Crippen molar-refractivity contribution in [3.63, 3.8) is 0 Å². The largest absolute Gasteiger partial charge is 0.493 e. The zero-order valence-electron chi connectivity index (χ0n) is 15.0. The minimum absolute atomic E-state index is 0. The van der Waals surface area contributed by atoms with Gasteiger partial charge in [0.2, 0.25) is 0 Å². The Morgan fingerprint density at radius 2 is 1.81 bits per heavy atom. The van der Waals surface area contributed by atoms with E-state index in [4.69, 9.17) is 9.47 Å². The van der Waals surface area contributed by atoms with E-state index in [-0.39, 0.29) is 12.4 Å². The van der Waals surface area contributed by atoms with Crippen LogP contribution in [0.25, 0.3) is 11.6 Å². The van der Waals surface area contributed by atoms with E-state index in [1.165, 1.54) is 24.3 Å². The Morgan fingerprint density at radius 1 is 1.08 bits per heavy atom. The number of thiophene rings is 1. The first-order valence-corrected chi connectivity index (χ1v) is 9.26. The molecule has 1 fully saturated rings. The number of nitrogens with zero attached hydrogens (tertiary/aromatic N) is 2. The maximum Gasteiger partial charge on any atom is 0.161 e. The maximum absolute atomic E-state index is 9.59. The van der Waals surface area contributed by atoms with Crippen LogP contribution in [0.3, 0.4) is 0 Å². The molecule has 6 heteroatoms. The smallest absolute Gasteiger partial charge is 0.161 e. The number of hydrogen-bond donors (Lipinski definition) is 0.